The molecule has 2 saturated heterocycles. The van der Waals surface area contributed by atoms with Crippen LogP contribution in [0, 0.1) is 11.7 Å². The molecule has 5 heteroatoms. The maximum Gasteiger partial charge on any atom is 0.223 e. The van der Waals surface area contributed by atoms with Crippen molar-refractivity contribution >= 4 is 5.91 Å². The number of rotatable bonds is 4. The number of ether oxygens (including phenoxy) is 2. The van der Waals surface area contributed by atoms with Gasteiger partial charge < -0.3 is 14.4 Å². The normalized spacial score (nSPS) is 21.6. The van der Waals surface area contributed by atoms with E-state index in [0.29, 0.717) is 25.6 Å². The highest BCUT2D eigenvalue weighted by Crippen LogP contribution is 2.27. The van der Waals surface area contributed by atoms with Crippen LogP contribution in [0.15, 0.2) is 24.3 Å². The first-order valence-corrected chi connectivity index (χ1v) is 8.40. The molecule has 126 valence electrons. The Kier molecular flexibility index (Phi) is 5.28. The second-order valence-corrected chi connectivity index (χ2v) is 6.48. The molecule has 1 amide bonds. The van der Waals surface area contributed by atoms with E-state index in [9.17, 15) is 9.18 Å². The molecule has 2 aliphatic rings. The number of amides is 1. The molecule has 3 rings (SSSR count). The number of carbonyl (C=O) groups is 1. The van der Waals surface area contributed by atoms with Crippen LogP contribution < -0.4 is 0 Å². The molecule has 0 spiro atoms. The molecule has 2 fully saturated rings. The number of nitrogens with zero attached hydrogens (tertiary/aromatic N) is 1. The number of benzene rings is 1. The van der Waals surface area contributed by atoms with Gasteiger partial charge in [-0.2, -0.15) is 0 Å². The van der Waals surface area contributed by atoms with Gasteiger partial charge in [-0.1, -0.05) is 19.1 Å². The fourth-order valence-electron chi connectivity index (χ4n) is 3.37. The number of hydrogen-bond donors (Lipinski definition) is 0. The summed E-state index contributed by atoms with van der Waals surface area (Å²) in [5.41, 5.74) is 1.00. The molecule has 0 N–H and O–H groups in total. The summed E-state index contributed by atoms with van der Waals surface area (Å²) in [5.74, 6) is 0.428. The number of piperidine rings is 1. The van der Waals surface area contributed by atoms with Gasteiger partial charge in [0, 0.05) is 25.4 Å². The smallest absolute Gasteiger partial charge is 0.223 e. The van der Waals surface area contributed by atoms with Gasteiger partial charge in [-0.15, -0.1) is 0 Å². The van der Waals surface area contributed by atoms with Crippen molar-refractivity contribution in [1.29, 1.82) is 0 Å². The summed E-state index contributed by atoms with van der Waals surface area (Å²) in [6, 6.07) is 6.41. The van der Waals surface area contributed by atoms with E-state index in [0.717, 1.165) is 31.5 Å². The van der Waals surface area contributed by atoms with Gasteiger partial charge >= 0.3 is 0 Å². The second-order valence-electron chi connectivity index (χ2n) is 6.48. The molecule has 23 heavy (non-hydrogen) atoms. The van der Waals surface area contributed by atoms with E-state index in [1.54, 1.807) is 12.1 Å². The number of carbonyl (C=O) groups excluding carboxylic acids is 1. The van der Waals surface area contributed by atoms with E-state index < -0.39 is 0 Å². The zero-order valence-electron chi connectivity index (χ0n) is 13.5. The number of hydrogen-bond acceptors (Lipinski definition) is 3. The summed E-state index contributed by atoms with van der Waals surface area (Å²) in [7, 11) is 0. The van der Waals surface area contributed by atoms with E-state index in [-0.39, 0.29) is 23.9 Å². The van der Waals surface area contributed by atoms with Crippen molar-refractivity contribution in [1.82, 2.24) is 4.90 Å². The van der Waals surface area contributed by atoms with Crippen molar-refractivity contribution in [2.24, 2.45) is 5.92 Å². The van der Waals surface area contributed by atoms with Gasteiger partial charge in [0.2, 0.25) is 5.91 Å². The summed E-state index contributed by atoms with van der Waals surface area (Å²) in [6.45, 7) is 4.90. The molecule has 4 nitrogen and oxygen atoms in total. The third-order valence-corrected chi connectivity index (χ3v) is 4.84. The lowest BCUT2D eigenvalue weighted by molar-refractivity contribution is -0.137. The van der Waals surface area contributed by atoms with E-state index in [4.69, 9.17) is 9.47 Å². The zero-order chi connectivity index (χ0) is 16.2. The van der Waals surface area contributed by atoms with Crippen LogP contribution in [0.4, 0.5) is 4.39 Å². The molecule has 2 heterocycles. The summed E-state index contributed by atoms with van der Waals surface area (Å²) < 4.78 is 24.1. The van der Waals surface area contributed by atoms with Crippen LogP contribution in [0.1, 0.15) is 37.7 Å². The largest absolute Gasteiger partial charge is 0.350 e. The van der Waals surface area contributed by atoms with E-state index >= 15 is 0 Å². The highest BCUT2D eigenvalue weighted by molar-refractivity contribution is 5.77. The highest BCUT2D eigenvalue weighted by atomic mass is 19.1. The van der Waals surface area contributed by atoms with Crippen LogP contribution >= 0.6 is 0 Å². The molecule has 0 saturated carbocycles. The SMILES string of the molecule is CC(CC(=O)N1CCC(C2OCCO2)CC1)c1ccc(F)cc1. The average molecular weight is 321 g/mol. The quantitative estimate of drug-likeness (QED) is 0.856. The van der Waals surface area contributed by atoms with E-state index in [2.05, 4.69) is 0 Å². The van der Waals surface area contributed by atoms with Gasteiger partial charge in [-0.25, -0.2) is 4.39 Å². The molecule has 1 unspecified atom stereocenters. The van der Waals surface area contributed by atoms with Crippen LogP contribution in [0.3, 0.4) is 0 Å². The molecular weight excluding hydrogens is 297 g/mol. The predicted molar refractivity (Wildman–Crippen MR) is 84.4 cm³/mol. The van der Waals surface area contributed by atoms with Crippen LogP contribution in [-0.2, 0) is 14.3 Å². The molecule has 1 aromatic carbocycles. The van der Waals surface area contributed by atoms with Crippen LogP contribution in [0.2, 0.25) is 0 Å². The molecular formula is C18H24FNO3. The molecule has 0 aliphatic carbocycles. The minimum atomic E-state index is -0.245. The fourth-order valence-corrected chi connectivity index (χ4v) is 3.37. The first kappa shape index (κ1) is 16.4. The molecule has 1 aromatic rings. The van der Waals surface area contributed by atoms with Gasteiger partial charge in [0.15, 0.2) is 6.29 Å². The third kappa shape index (κ3) is 4.09. The maximum atomic E-state index is 13.0. The van der Waals surface area contributed by atoms with Gasteiger partial charge in [0.05, 0.1) is 13.2 Å². The minimum Gasteiger partial charge on any atom is -0.350 e. The molecule has 1 atom stereocenters. The topological polar surface area (TPSA) is 38.8 Å². The Balaban J connectivity index is 1.48. The van der Waals surface area contributed by atoms with Crippen molar-refractivity contribution in [2.75, 3.05) is 26.3 Å². The Labute approximate surface area is 136 Å². The Morgan fingerprint density at radius 2 is 1.83 bits per heavy atom. The third-order valence-electron chi connectivity index (χ3n) is 4.84. The standard InChI is InChI=1S/C18H24FNO3/c1-13(14-2-4-16(19)5-3-14)12-17(21)20-8-6-15(7-9-20)18-22-10-11-23-18/h2-5,13,15,18H,6-12H2,1H3. The van der Waals surface area contributed by atoms with Crippen molar-refractivity contribution in [2.45, 2.75) is 38.4 Å². The van der Waals surface area contributed by atoms with Crippen molar-refractivity contribution in [3.63, 3.8) is 0 Å². The van der Waals surface area contributed by atoms with E-state index in [1.165, 1.54) is 12.1 Å². The van der Waals surface area contributed by atoms with Gasteiger partial charge in [-0.3, -0.25) is 4.79 Å². The summed E-state index contributed by atoms with van der Waals surface area (Å²) in [6.07, 6.45) is 2.25. The number of halogens is 1. The fraction of sp³-hybridized carbons (Fsp3) is 0.611. The first-order chi connectivity index (χ1) is 11.1. The van der Waals surface area contributed by atoms with Gasteiger partial charge in [0.25, 0.3) is 0 Å². The lowest BCUT2D eigenvalue weighted by atomic mass is 9.94. The maximum absolute atomic E-state index is 13.0. The molecule has 0 radical (unpaired) electrons. The van der Waals surface area contributed by atoms with Crippen molar-refractivity contribution in [3.05, 3.63) is 35.6 Å². The van der Waals surface area contributed by atoms with Crippen molar-refractivity contribution in [3.8, 4) is 0 Å². The van der Waals surface area contributed by atoms with Crippen molar-refractivity contribution < 1.29 is 18.7 Å². The van der Waals surface area contributed by atoms with Gasteiger partial charge in [-0.05, 0) is 36.5 Å². The zero-order valence-corrected chi connectivity index (χ0v) is 13.5. The lowest BCUT2D eigenvalue weighted by Gasteiger charge is -2.34. The molecule has 0 aromatic heterocycles. The minimum absolute atomic E-state index is 0.0783. The van der Waals surface area contributed by atoms with E-state index in [1.807, 2.05) is 11.8 Å². The summed E-state index contributed by atoms with van der Waals surface area (Å²) in [4.78, 5) is 14.4. The predicted octanol–water partition coefficient (Wildman–Crippen LogP) is 2.93. The Hall–Kier alpha value is -1.46. The highest BCUT2D eigenvalue weighted by Gasteiger charge is 2.31. The molecule has 2 aliphatic heterocycles. The van der Waals surface area contributed by atoms with Crippen LogP contribution in [0.25, 0.3) is 0 Å². The second kappa shape index (κ2) is 7.41. The monoisotopic (exact) mass is 321 g/mol. The Bertz CT molecular complexity index is 520. The summed E-state index contributed by atoms with van der Waals surface area (Å²) in [5, 5.41) is 0. The summed E-state index contributed by atoms with van der Waals surface area (Å²) >= 11 is 0. The average Bonchev–Trinajstić information content (AvgIpc) is 3.10. The van der Waals surface area contributed by atoms with Crippen LogP contribution in [0.5, 0.6) is 0 Å². The Morgan fingerprint density at radius 1 is 1.22 bits per heavy atom. The first-order valence-electron chi connectivity index (χ1n) is 8.40. The number of likely N-dealkylation sites (tertiary alicyclic amines) is 1. The van der Waals surface area contributed by atoms with Crippen LogP contribution in [-0.4, -0.2) is 43.4 Å². The Morgan fingerprint density at radius 3 is 2.43 bits per heavy atom. The van der Waals surface area contributed by atoms with Gasteiger partial charge in [0.1, 0.15) is 5.82 Å². The molecule has 0 bridgehead atoms. The lowest BCUT2D eigenvalue weighted by Crippen LogP contribution is -2.41.